The Morgan fingerprint density at radius 3 is 2.54 bits per heavy atom. The molecular formula is C16H17BrF2N2O5. The second-order valence-electron chi connectivity index (χ2n) is 5.68. The van der Waals surface area contributed by atoms with E-state index in [1.54, 1.807) is 0 Å². The van der Waals surface area contributed by atoms with Gasteiger partial charge in [0.2, 0.25) is 0 Å². The van der Waals surface area contributed by atoms with Gasteiger partial charge in [-0.05, 0) is 18.6 Å². The topological polar surface area (TPSA) is 95.9 Å². The van der Waals surface area contributed by atoms with Crippen molar-refractivity contribution in [3.63, 3.8) is 0 Å². The number of ketones is 1. The van der Waals surface area contributed by atoms with Crippen molar-refractivity contribution < 1.29 is 33.0 Å². The predicted molar refractivity (Wildman–Crippen MR) is 90.7 cm³/mol. The molecular weight excluding hydrogens is 418 g/mol. The summed E-state index contributed by atoms with van der Waals surface area (Å²) in [6, 6.07) is 1.58. The van der Waals surface area contributed by atoms with E-state index in [2.05, 4.69) is 21.2 Å². The lowest BCUT2D eigenvalue weighted by Crippen LogP contribution is -2.46. The van der Waals surface area contributed by atoms with Crippen molar-refractivity contribution in [2.45, 2.75) is 17.4 Å². The van der Waals surface area contributed by atoms with Crippen LogP contribution in [0.3, 0.4) is 0 Å². The predicted octanol–water partition coefficient (Wildman–Crippen LogP) is 2.04. The van der Waals surface area contributed by atoms with Gasteiger partial charge in [-0.15, -0.1) is 0 Å². The summed E-state index contributed by atoms with van der Waals surface area (Å²) in [5.41, 5.74) is -0.997. The van der Waals surface area contributed by atoms with E-state index in [1.807, 2.05) is 0 Å². The Kier molecular flexibility index (Phi) is 6.65. The second kappa shape index (κ2) is 8.54. The molecule has 1 saturated heterocycles. The van der Waals surface area contributed by atoms with Gasteiger partial charge in [-0.2, -0.15) is 0 Å². The number of nitrogens with zero attached hydrogens (tertiary/aromatic N) is 1. The molecule has 2 N–H and O–H groups in total. The normalized spacial score (nSPS) is 18.3. The SMILES string of the molecule is CNC(=O)c1cc(F)c(C(=O)C(Br)C[C@H]2CN(C(=O)O)CCO2)c(F)c1. The first-order chi connectivity index (χ1) is 12.2. The quantitative estimate of drug-likeness (QED) is 0.545. The Morgan fingerprint density at radius 2 is 2.00 bits per heavy atom. The molecule has 2 amide bonds. The van der Waals surface area contributed by atoms with E-state index in [9.17, 15) is 23.2 Å². The third-order valence-electron chi connectivity index (χ3n) is 3.94. The van der Waals surface area contributed by atoms with Crippen LogP contribution in [0.25, 0.3) is 0 Å². The van der Waals surface area contributed by atoms with E-state index in [4.69, 9.17) is 9.84 Å². The molecule has 0 aliphatic carbocycles. The van der Waals surface area contributed by atoms with Gasteiger partial charge in [-0.3, -0.25) is 9.59 Å². The summed E-state index contributed by atoms with van der Waals surface area (Å²) in [5, 5.41) is 11.2. The van der Waals surface area contributed by atoms with Crippen LogP contribution in [0.1, 0.15) is 27.1 Å². The van der Waals surface area contributed by atoms with Crippen LogP contribution in [0.5, 0.6) is 0 Å². The molecule has 1 aromatic rings. The number of amides is 2. The highest BCUT2D eigenvalue weighted by Crippen LogP contribution is 2.24. The molecule has 0 bridgehead atoms. The van der Waals surface area contributed by atoms with E-state index < -0.39 is 45.9 Å². The minimum atomic E-state index is -1.14. The molecule has 1 fully saturated rings. The number of hydrogen-bond acceptors (Lipinski definition) is 4. The van der Waals surface area contributed by atoms with E-state index in [0.717, 1.165) is 17.0 Å². The maximum atomic E-state index is 14.2. The largest absolute Gasteiger partial charge is 0.465 e. The zero-order chi connectivity index (χ0) is 19.4. The first-order valence-electron chi connectivity index (χ1n) is 7.73. The maximum Gasteiger partial charge on any atom is 0.407 e. The molecule has 1 heterocycles. The van der Waals surface area contributed by atoms with Crippen LogP contribution < -0.4 is 5.32 Å². The summed E-state index contributed by atoms with van der Waals surface area (Å²) in [7, 11) is 1.32. The summed E-state index contributed by atoms with van der Waals surface area (Å²) in [5.74, 6) is -3.81. The lowest BCUT2D eigenvalue weighted by molar-refractivity contribution is -0.0245. The summed E-state index contributed by atoms with van der Waals surface area (Å²) >= 11 is 3.09. The number of carbonyl (C=O) groups excluding carboxylic acids is 2. The number of morpholine rings is 1. The molecule has 10 heteroatoms. The van der Waals surface area contributed by atoms with Crippen molar-refractivity contribution in [2.75, 3.05) is 26.7 Å². The minimum absolute atomic E-state index is 0.0404. The van der Waals surface area contributed by atoms with Crippen LogP contribution in [-0.2, 0) is 4.74 Å². The Morgan fingerprint density at radius 1 is 1.38 bits per heavy atom. The van der Waals surface area contributed by atoms with E-state index in [0.29, 0.717) is 0 Å². The standard InChI is InChI=1S/C16H17BrF2N2O5/c1-20-15(23)8-4-11(18)13(12(19)5-8)14(22)10(17)6-9-7-21(16(24)25)2-3-26-9/h4-5,9-10H,2-3,6-7H2,1H3,(H,20,23)(H,24,25)/t9-,10?/m0/s1. The van der Waals surface area contributed by atoms with E-state index >= 15 is 0 Å². The van der Waals surface area contributed by atoms with E-state index in [1.165, 1.54) is 7.05 Å². The Bertz CT molecular complexity index is 708. The smallest absolute Gasteiger partial charge is 0.407 e. The fourth-order valence-corrected chi connectivity index (χ4v) is 3.26. The van der Waals surface area contributed by atoms with Crippen LogP contribution in [0, 0.1) is 11.6 Å². The van der Waals surface area contributed by atoms with Crippen LogP contribution in [0.4, 0.5) is 13.6 Å². The monoisotopic (exact) mass is 434 g/mol. The summed E-state index contributed by atoms with van der Waals surface area (Å²) in [4.78, 5) is 35.1. The number of Topliss-reactive ketones (excluding diaryl/α,β-unsaturated/α-hetero) is 1. The molecule has 26 heavy (non-hydrogen) atoms. The number of hydrogen-bond donors (Lipinski definition) is 2. The van der Waals surface area contributed by atoms with Crippen LogP contribution in [-0.4, -0.2) is 65.5 Å². The van der Waals surface area contributed by atoms with E-state index in [-0.39, 0.29) is 31.7 Å². The molecule has 0 spiro atoms. The number of carboxylic acid groups (broad SMARTS) is 1. The number of nitrogens with one attached hydrogen (secondary N) is 1. The molecule has 0 aromatic heterocycles. The summed E-state index contributed by atoms with van der Waals surface area (Å²) in [6.45, 7) is 0.455. The Labute approximate surface area is 156 Å². The number of halogens is 3. The van der Waals surface area contributed by atoms with Crippen molar-refractivity contribution in [3.05, 3.63) is 34.9 Å². The van der Waals surface area contributed by atoms with Gasteiger partial charge in [-0.1, -0.05) is 15.9 Å². The molecule has 2 atom stereocenters. The fraction of sp³-hybridized carbons (Fsp3) is 0.438. The number of rotatable bonds is 5. The molecule has 142 valence electrons. The average Bonchev–Trinajstić information content (AvgIpc) is 2.60. The molecule has 0 radical (unpaired) electrons. The van der Waals surface area contributed by atoms with Gasteiger partial charge in [0.15, 0.2) is 5.78 Å². The van der Waals surface area contributed by atoms with Crippen LogP contribution in [0.15, 0.2) is 12.1 Å². The highest BCUT2D eigenvalue weighted by molar-refractivity contribution is 9.10. The molecule has 1 aliphatic rings. The molecule has 2 rings (SSSR count). The average molecular weight is 435 g/mol. The van der Waals surface area contributed by atoms with Gasteiger partial charge in [0.25, 0.3) is 5.91 Å². The molecule has 1 aliphatic heterocycles. The highest BCUT2D eigenvalue weighted by atomic mass is 79.9. The number of alkyl halides is 1. The molecule has 0 saturated carbocycles. The van der Waals surface area contributed by atoms with Gasteiger partial charge >= 0.3 is 6.09 Å². The van der Waals surface area contributed by atoms with Crippen molar-refractivity contribution in [1.82, 2.24) is 10.2 Å². The lowest BCUT2D eigenvalue weighted by Gasteiger charge is -2.31. The number of ether oxygens (including phenoxy) is 1. The molecule has 1 unspecified atom stereocenters. The lowest BCUT2D eigenvalue weighted by atomic mass is 10.0. The summed E-state index contributed by atoms with van der Waals surface area (Å²) in [6.07, 6.45) is -1.64. The Hall–Kier alpha value is -2.07. The fourth-order valence-electron chi connectivity index (χ4n) is 2.61. The first kappa shape index (κ1) is 20.2. The van der Waals surface area contributed by atoms with Crippen molar-refractivity contribution in [2.24, 2.45) is 0 Å². The van der Waals surface area contributed by atoms with Crippen molar-refractivity contribution in [3.8, 4) is 0 Å². The van der Waals surface area contributed by atoms with Gasteiger partial charge in [0.05, 0.1) is 29.6 Å². The van der Waals surface area contributed by atoms with Gasteiger partial charge in [-0.25, -0.2) is 13.6 Å². The zero-order valence-corrected chi connectivity index (χ0v) is 15.4. The van der Waals surface area contributed by atoms with Crippen molar-refractivity contribution >= 4 is 33.7 Å². The van der Waals surface area contributed by atoms with Crippen LogP contribution in [0.2, 0.25) is 0 Å². The first-order valence-corrected chi connectivity index (χ1v) is 8.65. The Balaban J connectivity index is 2.13. The molecule has 1 aromatic carbocycles. The summed E-state index contributed by atoms with van der Waals surface area (Å²) < 4.78 is 33.8. The third kappa shape index (κ3) is 4.55. The zero-order valence-electron chi connectivity index (χ0n) is 13.8. The van der Waals surface area contributed by atoms with Gasteiger partial charge < -0.3 is 20.1 Å². The number of benzene rings is 1. The van der Waals surface area contributed by atoms with Gasteiger partial charge in [0.1, 0.15) is 11.6 Å². The molecule has 7 nitrogen and oxygen atoms in total. The second-order valence-corrected chi connectivity index (χ2v) is 6.79. The maximum absolute atomic E-state index is 14.2. The number of carbonyl (C=O) groups is 3. The third-order valence-corrected chi connectivity index (χ3v) is 4.73. The van der Waals surface area contributed by atoms with Crippen LogP contribution >= 0.6 is 15.9 Å². The van der Waals surface area contributed by atoms with Gasteiger partial charge in [0, 0.05) is 19.2 Å². The van der Waals surface area contributed by atoms with Crippen molar-refractivity contribution in [1.29, 1.82) is 0 Å². The minimum Gasteiger partial charge on any atom is -0.465 e. The highest BCUT2D eigenvalue weighted by Gasteiger charge is 2.31.